The first-order valence-corrected chi connectivity index (χ1v) is 8.54. The predicted octanol–water partition coefficient (Wildman–Crippen LogP) is 0.814. The molecule has 0 radical (unpaired) electrons. The van der Waals surface area contributed by atoms with Crippen LogP contribution in [0.4, 0.5) is 0 Å². The molecule has 7 heteroatoms. The molecule has 2 aromatic rings. The minimum absolute atomic E-state index is 0.0821. The third-order valence-corrected chi connectivity index (χ3v) is 4.73. The highest BCUT2D eigenvalue weighted by Gasteiger charge is 2.35. The average molecular weight is 343 g/mol. The maximum Gasteiger partial charge on any atom is 0.244 e. The van der Waals surface area contributed by atoms with Gasteiger partial charge in [0.1, 0.15) is 11.9 Å². The SMILES string of the molecule is CC(=O)N1CCNCC1C(=O)NC(C)(C)c1ncc2c(C)cccn12. The lowest BCUT2D eigenvalue weighted by Crippen LogP contribution is -2.61. The zero-order valence-electron chi connectivity index (χ0n) is 15.2. The molecule has 134 valence electrons. The second kappa shape index (κ2) is 6.48. The van der Waals surface area contributed by atoms with Crippen molar-refractivity contribution in [1.29, 1.82) is 0 Å². The number of carbonyl (C=O) groups is 2. The molecule has 0 aliphatic carbocycles. The first-order chi connectivity index (χ1) is 11.8. The van der Waals surface area contributed by atoms with Gasteiger partial charge in [0.05, 0.1) is 17.3 Å². The van der Waals surface area contributed by atoms with Gasteiger partial charge in [-0.25, -0.2) is 4.98 Å². The number of carbonyl (C=O) groups excluding carboxylic acids is 2. The van der Waals surface area contributed by atoms with Crippen molar-refractivity contribution in [3.05, 3.63) is 35.9 Å². The van der Waals surface area contributed by atoms with Gasteiger partial charge in [-0.1, -0.05) is 6.07 Å². The van der Waals surface area contributed by atoms with Crippen LogP contribution in [-0.4, -0.2) is 51.8 Å². The Morgan fingerprint density at radius 3 is 2.88 bits per heavy atom. The van der Waals surface area contributed by atoms with Crippen molar-refractivity contribution in [2.45, 2.75) is 39.3 Å². The van der Waals surface area contributed by atoms with E-state index in [9.17, 15) is 9.59 Å². The molecule has 0 saturated carbocycles. The summed E-state index contributed by atoms with van der Waals surface area (Å²) in [5, 5.41) is 6.25. The smallest absolute Gasteiger partial charge is 0.244 e. The Labute approximate surface area is 147 Å². The molecule has 1 atom stereocenters. The van der Waals surface area contributed by atoms with Gasteiger partial charge in [-0.3, -0.25) is 9.59 Å². The highest BCUT2D eigenvalue weighted by Crippen LogP contribution is 2.22. The van der Waals surface area contributed by atoms with Gasteiger partial charge in [0.25, 0.3) is 0 Å². The highest BCUT2D eigenvalue weighted by atomic mass is 16.2. The van der Waals surface area contributed by atoms with E-state index in [4.69, 9.17) is 0 Å². The third kappa shape index (κ3) is 3.24. The molecule has 2 amide bonds. The number of nitrogens with zero attached hydrogens (tertiary/aromatic N) is 3. The van der Waals surface area contributed by atoms with E-state index in [0.29, 0.717) is 19.6 Å². The number of aryl methyl sites for hydroxylation is 1. The van der Waals surface area contributed by atoms with E-state index in [2.05, 4.69) is 15.6 Å². The van der Waals surface area contributed by atoms with E-state index >= 15 is 0 Å². The molecule has 1 aliphatic heterocycles. The van der Waals surface area contributed by atoms with Crippen LogP contribution in [0.2, 0.25) is 0 Å². The van der Waals surface area contributed by atoms with Gasteiger partial charge >= 0.3 is 0 Å². The van der Waals surface area contributed by atoms with Crippen molar-refractivity contribution in [3.63, 3.8) is 0 Å². The number of pyridine rings is 1. The Hall–Kier alpha value is -2.41. The average Bonchev–Trinajstić information content (AvgIpc) is 3.01. The minimum atomic E-state index is -0.669. The molecule has 2 aromatic heterocycles. The van der Waals surface area contributed by atoms with Crippen LogP contribution in [0.25, 0.3) is 5.52 Å². The quantitative estimate of drug-likeness (QED) is 0.865. The van der Waals surface area contributed by atoms with E-state index in [1.165, 1.54) is 6.92 Å². The number of rotatable bonds is 3. The van der Waals surface area contributed by atoms with Gasteiger partial charge < -0.3 is 19.9 Å². The summed E-state index contributed by atoms with van der Waals surface area (Å²) in [5.41, 5.74) is 1.48. The van der Waals surface area contributed by atoms with Crippen molar-refractivity contribution in [2.75, 3.05) is 19.6 Å². The first kappa shape index (κ1) is 17.4. The van der Waals surface area contributed by atoms with Crippen molar-refractivity contribution >= 4 is 17.3 Å². The molecule has 2 N–H and O–H groups in total. The van der Waals surface area contributed by atoms with Gasteiger partial charge in [0.15, 0.2) is 0 Å². The standard InChI is InChI=1S/C18H25N5O2/c1-12-6-5-8-23-14(12)11-20-17(23)18(3,4)21-16(25)15-10-19-7-9-22(15)13(2)24/h5-6,8,11,15,19H,7,9-10H2,1-4H3,(H,21,25). The number of aromatic nitrogens is 2. The Morgan fingerprint density at radius 2 is 2.16 bits per heavy atom. The molecule has 3 heterocycles. The number of hydrogen-bond acceptors (Lipinski definition) is 4. The summed E-state index contributed by atoms with van der Waals surface area (Å²) in [5.74, 6) is 0.510. The lowest BCUT2D eigenvalue weighted by molar-refractivity contribution is -0.140. The topological polar surface area (TPSA) is 78.7 Å². The monoisotopic (exact) mass is 343 g/mol. The van der Waals surface area contributed by atoms with Crippen LogP contribution in [0.15, 0.2) is 24.5 Å². The molecule has 0 spiro atoms. The Bertz CT molecular complexity index is 811. The van der Waals surface area contributed by atoms with Crippen LogP contribution in [0.5, 0.6) is 0 Å². The van der Waals surface area contributed by atoms with Gasteiger partial charge in [0, 0.05) is 32.8 Å². The van der Waals surface area contributed by atoms with Crippen molar-refractivity contribution in [3.8, 4) is 0 Å². The van der Waals surface area contributed by atoms with Gasteiger partial charge in [0.2, 0.25) is 11.8 Å². The first-order valence-electron chi connectivity index (χ1n) is 8.54. The van der Waals surface area contributed by atoms with E-state index < -0.39 is 11.6 Å². The Balaban J connectivity index is 1.86. The molecule has 0 aromatic carbocycles. The number of imidazole rings is 1. The van der Waals surface area contributed by atoms with Gasteiger partial charge in [-0.15, -0.1) is 0 Å². The summed E-state index contributed by atoms with van der Waals surface area (Å²) in [4.78, 5) is 30.8. The fourth-order valence-corrected chi connectivity index (χ4v) is 3.39. The molecule has 7 nitrogen and oxygen atoms in total. The van der Waals surface area contributed by atoms with Gasteiger partial charge in [-0.05, 0) is 32.4 Å². The minimum Gasteiger partial charge on any atom is -0.342 e. The van der Waals surface area contributed by atoms with E-state index in [1.807, 2.05) is 49.7 Å². The molecule has 1 aliphatic rings. The van der Waals surface area contributed by atoms with Crippen LogP contribution in [0.3, 0.4) is 0 Å². The van der Waals surface area contributed by atoms with E-state index in [0.717, 1.165) is 16.9 Å². The molecule has 0 bridgehead atoms. The van der Waals surface area contributed by atoms with Crippen LogP contribution in [0, 0.1) is 6.92 Å². The Kier molecular flexibility index (Phi) is 4.51. The molecular formula is C18H25N5O2. The maximum atomic E-state index is 12.8. The second-order valence-electron chi connectivity index (χ2n) is 7.07. The van der Waals surface area contributed by atoms with Crippen LogP contribution < -0.4 is 10.6 Å². The Morgan fingerprint density at radius 1 is 1.40 bits per heavy atom. The summed E-state index contributed by atoms with van der Waals surface area (Å²) in [6.07, 6.45) is 3.77. The van der Waals surface area contributed by atoms with Crippen LogP contribution in [0.1, 0.15) is 32.2 Å². The number of fused-ring (bicyclic) bond motifs is 1. The molecule has 1 unspecified atom stereocenters. The number of hydrogen-bond donors (Lipinski definition) is 2. The number of nitrogens with one attached hydrogen (secondary N) is 2. The zero-order chi connectivity index (χ0) is 18.2. The predicted molar refractivity (Wildman–Crippen MR) is 95.1 cm³/mol. The summed E-state index contributed by atoms with van der Waals surface area (Å²) in [7, 11) is 0. The van der Waals surface area contributed by atoms with Crippen molar-refractivity contribution in [2.24, 2.45) is 0 Å². The molecule has 25 heavy (non-hydrogen) atoms. The third-order valence-electron chi connectivity index (χ3n) is 4.73. The largest absolute Gasteiger partial charge is 0.342 e. The van der Waals surface area contributed by atoms with Crippen LogP contribution >= 0.6 is 0 Å². The molecular weight excluding hydrogens is 318 g/mol. The molecule has 3 rings (SSSR count). The zero-order valence-corrected chi connectivity index (χ0v) is 15.2. The number of amides is 2. The molecule has 1 saturated heterocycles. The molecule has 1 fully saturated rings. The number of piperazine rings is 1. The van der Waals surface area contributed by atoms with E-state index in [1.54, 1.807) is 4.90 Å². The highest BCUT2D eigenvalue weighted by molar-refractivity contribution is 5.87. The summed E-state index contributed by atoms with van der Waals surface area (Å²) >= 11 is 0. The maximum absolute atomic E-state index is 12.8. The second-order valence-corrected chi connectivity index (χ2v) is 7.07. The van der Waals surface area contributed by atoms with E-state index in [-0.39, 0.29) is 11.8 Å². The lowest BCUT2D eigenvalue weighted by Gasteiger charge is -2.36. The lowest BCUT2D eigenvalue weighted by atomic mass is 10.0. The van der Waals surface area contributed by atoms with Gasteiger partial charge in [-0.2, -0.15) is 0 Å². The fourth-order valence-electron chi connectivity index (χ4n) is 3.39. The summed E-state index contributed by atoms with van der Waals surface area (Å²) < 4.78 is 2.00. The summed E-state index contributed by atoms with van der Waals surface area (Å²) in [6, 6.07) is 3.50. The van der Waals surface area contributed by atoms with Crippen molar-refractivity contribution < 1.29 is 9.59 Å². The summed E-state index contributed by atoms with van der Waals surface area (Å²) in [6.45, 7) is 9.10. The fraction of sp³-hybridized carbons (Fsp3) is 0.500. The van der Waals surface area contributed by atoms with Crippen molar-refractivity contribution in [1.82, 2.24) is 24.9 Å². The van der Waals surface area contributed by atoms with Crippen LogP contribution in [-0.2, 0) is 15.1 Å². The normalized spacial score (nSPS) is 18.4.